The van der Waals surface area contributed by atoms with E-state index in [1.165, 1.54) is 12.1 Å². The van der Waals surface area contributed by atoms with E-state index in [9.17, 15) is 14.4 Å². The summed E-state index contributed by atoms with van der Waals surface area (Å²) in [5.41, 5.74) is 0.847. The number of hydrogen-bond donors (Lipinski definition) is 1. The fourth-order valence-corrected chi connectivity index (χ4v) is 2.74. The Hall–Kier alpha value is -2.90. The van der Waals surface area contributed by atoms with Crippen molar-refractivity contribution in [3.63, 3.8) is 0 Å². The van der Waals surface area contributed by atoms with E-state index in [0.717, 1.165) is 5.56 Å². The molecule has 1 fully saturated rings. The number of amides is 2. The van der Waals surface area contributed by atoms with Crippen LogP contribution in [0.25, 0.3) is 0 Å². The highest BCUT2D eigenvalue weighted by Crippen LogP contribution is 2.09. The lowest BCUT2D eigenvalue weighted by atomic mass is 10.2. The maximum atomic E-state index is 12.3. The van der Waals surface area contributed by atoms with Gasteiger partial charge in [0.1, 0.15) is 5.69 Å². The second kappa shape index (κ2) is 6.69. The molecule has 126 valence electrons. The van der Waals surface area contributed by atoms with Crippen LogP contribution in [0, 0.1) is 0 Å². The zero-order chi connectivity index (χ0) is 17.1. The molecule has 0 aromatic carbocycles. The van der Waals surface area contributed by atoms with Gasteiger partial charge >= 0.3 is 0 Å². The van der Waals surface area contributed by atoms with Crippen LogP contribution in [-0.4, -0.2) is 62.6 Å². The third-order valence-corrected chi connectivity index (χ3v) is 4.07. The van der Waals surface area contributed by atoms with Crippen LogP contribution in [0.3, 0.4) is 0 Å². The van der Waals surface area contributed by atoms with Gasteiger partial charge in [0.2, 0.25) is 5.91 Å². The summed E-state index contributed by atoms with van der Waals surface area (Å²) in [6.07, 6.45) is 4.21. The van der Waals surface area contributed by atoms with E-state index in [2.05, 4.69) is 10.2 Å². The quantitative estimate of drug-likeness (QED) is 0.832. The molecule has 1 saturated heterocycles. The van der Waals surface area contributed by atoms with Gasteiger partial charge in [-0.25, -0.2) is 5.10 Å². The van der Waals surface area contributed by atoms with Crippen molar-refractivity contribution in [2.24, 2.45) is 7.05 Å². The number of hydrogen-bond acceptors (Lipinski definition) is 4. The highest BCUT2D eigenvalue weighted by molar-refractivity contribution is 5.92. The summed E-state index contributed by atoms with van der Waals surface area (Å²) < 4.78 is 1.91. The van der Waals surface area contributed by atoms with Crippen LogP contribution in [0.15, 0.2) is 35.4 Å². The average Bonchev–Trinajstić information content (AvgIpc) is 3.00. The Kier molecular flexibility index (Phi) is 4.45. The number of aryl methyl sites for hydroxylation is 1. The average molecular weight is 329 g/mol. The van der Waals surface area contributed by atoms with Gasteiger partial charge in [-0.3, -0.25) is 14.4 Å². The van der Waals surface area contributed by atoms with E-state index in [1.54, 1.807) is 9.80 Å². The van der Waals surface area contributed by atoms with Crippen molar-refractivity contribution in [3.8, 4) is 0 Å². The number of piperazine rings is 1. The zero-order valence-electron chi connectivity index (χ0n) is 13.4. The first kappa shape index (κ1) is 16.0. The molecule has 0 atom stereocenters. The molecule has 3 heterocycles. The molecular formula is C16H19N5O3. The van der Waals surface area contributed by atoms with Gasteiger partial charge in [0.25, 0.3) is 11.5 Å². The first-order valence-corrected chi connectivity index (χ1v) is 7.76. The van der Waals surface area contributed by atoms with Crippen molar-refractivity contribution in [3.05, 3.63) is 52.2 Å². The Bertz CT molecular complexity index is 782. The van der Waals surface area contributed by atoms with E-state index < -0.39 is 0 Å². The number of nitrogens with zero attached hydrogens (tertiary/aromatic N) is 4. The molecule has 0 radical (unpaired) electrons. The molecule has 1 aliphatic rings. The second-order valence-corrected chi connectivity index (χ2v) is 5.84. The van der Waals surface area contributed by atoms with Gasteiger partial charge in [-0.2, -0.15) is 5.10 Å². The Balaban J connectivity index is 1.55. The van der Waals surface area contributed by atoms with Crippen LogP contribution in [0.2, 0.25) is 0 Å². The number of aromatic amines is 1. The molecule has 1 aliphatic heterocycles. The van der Waals surface area contributed by atoms with Crippen molar-refractivity contribution in [2.75, 3.05) is 26.2 Å². The summed E-state index contributed by atoms with van der Waals surface area (Å²) in [5.74, 6) is -0.170. The van der Waals surface area contributed by atoms with Crippen LogP contribution in [0.5, 0.6) is 0 Å². The summed E-state index contributed by atoms with van der Waals surface area (Å²) in [7, 11) is 1.92. The number of rotatable bonds is 3. The van der Waals surface area contributed by atoms with Crippen LogP contribution >= 0.6 is 0 Å². The lowest BCUT2D eigenvalue weighted by Crippen LogP contribution is -2.51. The molecule has 0 aliphatic carbocycles. The smallest absolute Gasteiger partial charge is 0.274 e. The van der Waals surface area contributed by atoms with E-state index >= 15 is 0 Å². The molecule has 3 rings (SSSR count). The van der Waals surface area contributed by atoms with Crippen LogP contribution in [0.1, 0.15) is 16.1 Å². The van der Waals surface area contributed by atoms with E-state index in [0.29, 0.717) is 32.6 Å². The minimum absolute atomic E-state index is 0.0652. The molecule has 8 heteroatoms. The second-order valence-electron chi connectivity index (χ2n) is 5.84. The minimum atomic E-state index is -0.345. The maximum absolute atomic E-state index is 12.3. The molecule has 0 unspecified atom stereocenters. The summed E-state index contributed by atoms with van der Waals surface area (Å²) in [5, 5.41) is 6.01. The lowest BCUT2D eigenvalue weighted by molar-refractivity contribution is -0.131. The third kappa shape index (κ3) is 3.53. The van der Waals surface area contributed by atoms with Gasteiger partial charge < -0.3 is 14.4 Å². The SMILES string of the molecule is Cn1ccc(CC(=O)N2CCN(C(=O)c3ccc(=O)[nH]n3)CC2)c1. The molecule has 8 nitrogen and oxygen atoms in total. The lowest BCUT2D eigenvalue weighted by Gasteiger charge is -2.34. The van der Waals surface area contributed by atoms with Gasteiger partial charge in [-0.15, -0.1) is 0 Å². The number of carbonyl (C=O) groups is 2. The number of H-pyrrole nitrogens is 1. The highest BCUT2D eigenvalue weighted by Gasteiger charge is 2.25. The van der Waals surface area contributed by atoms with E-state index in [1.807, 2.05) is 30.1 Å². The van der Waals surface area contributed by atoms with Crippen molar-refractivity contribution < 1.29 is 9.59 Å². The van der Waals surface area contributed by atoms with E-state index in [4.69, 9.17) is 0 Å². The first-order valence-electron chi connectivity index (χ1n) is 7.76. The number of nitrogens with one attached hydrogen (secondary N) is 1. The van der Waals surface area contributed by atoms with Gasteiger partial charge in [-0.1, -0.05) is 0 Å². The molecule has 2 amide bonds. The summed E-state index contributed by atoms with van der Waals surface area (Å²) in [6.45, 7) is 1.92. The van der Waals surface area contributed by atoms with Crippen LogP contribution in [0.4, 0.5) is 0 Å². The molecule has 1 N–H and O–H groups in total. The van der Waals surface area contributed by atoms with Crippen molar-refractivity contribution >= 4 is 11.8 Å². The van der Waals surface area contributed by atoms with Crippen molar-refractivity contribution in [2.45, 2.75) is 6.42 Å². The minimum Gasteiger partial charge on any atom is -0.357 e. The van der Waals surface area contributed by atoms with Crippen LogP contribution in [-0.2, 0) is 18.3 Å². The first-order chi connectivity index (χ1) is 11.5. The van der Waals surface area contributed by atoms with Crippen molar-refractivity contribution in [1.82, 2.24) is 24.6 Å². The Morgan fingerprint density at radius 2 is 1.83 bits per heavy atom. The zero-order valence-corrected chi connectivity index (χ0v) is 13.4. The molecule has 24 heavy (non-hydrogen) atoms. The monoisotopic (exact) mass is 329 g/mol. The summed E-state index contributed by atoms with van der Waals surface area (Å²) in [4.78, 5) is 39.1. The Labute approximate surface area is 138 Å². The normalized spacial score (nSPS) is 14.7. The standard InChI is InChI=1S/C16H19N5O3/c1-19-5-4-12(11-19)10-15(23)20-6-8-21(9-7-20)16(24)13-2-3-14(22)18-17-13/h2-5,11H,6-10H2,1H3,(H,18,22). The fourth-order valence-electron chi connectivity index (χ4n) is 2.74. The largest absolute Gasteiger partial charge is 0.357 e. The third-order valence-electron chi connectivity index (χ3n) is 4.07. The van der Waals surface area contributed by atoms with Crippen molar-refractivity contribution in [1.29, 1.82) is 0 Å². The molecule has 0 spiro atoms. The Morgan fingerprint density at radius 3 is 2.42 bits per heavy atom. The molecule has 0 saturated carbocycles. The topological polar surface area (TPSA) is 91.3 Å². The van der Waals surface area contributed by atoms with Gasteiger partial charge in [-0.05, 0) is 17.7 Å². The Morgan fingerprint density at radius 1 is 1.12 bits per heavy atom. The summed E-state index contributed by atoms with van der Waals surface area (Å²) in [6, 6.07) is 4.62. The molecule has 0 bridgehead atoms. The van der Waals surface area contributed by atoms with Gasteiger partial charge in [0, 0.05) is 51.7 Å². The van der Waals surface area contributed by atoms with Gasteiger partial charge in [0.15, 0.2) is 0 Å². The predicted molar refractivity (Wildman–Crippen MR) is 86.5 cm³/mol. The molecular weight excluding hydrogens is 310 g/mol. The summed E-state index contributed by atoms with van der Waals surface area (Å²) >= 11 is 0. The predicted octanol–water partition coefficient (Wildman–Crippen LogP) is -0.364. The highest BCUT2D eigenvalue weighted by atomic mass is 16.2. The van der Waals surface area contributed by atoms with Gasteiger partial charge in [0.05, 0.1) is 6.42 Å². The number of aromatic nitrogens is 3. The van der Waals surface area contributed by atoms with E-state index in [-0.39, 0.29) is 23.1 Å². The molecule has 2 aromatic heterocycles. The maximum Gasteiger partial charge on any atom is 0.274 e. The van der Waals surface area contributed by atoms with Crippen LogP contribution < -0.4 is 5.56 Å². The fraction of sp³-hybridized carbons (Fsp3) is 0.375. The molecule has 2 aromatic rings. The number of carbonyl (C=O) groups excluding carboxylic acids is 2.